The minimum Gasteiger partial charge on any atom is -0.344 e. The normalized spacial score (nSPS) is 13.8. The molecule has 1 N–H and O–H groups in total. The van der Waals surface area contributed by atoms with Crippen LogP contribution in [0.4, 0.5) is 5.13 Å². The van der Waals surface area contributed by atoms with Gasteiger partial charge in [-0.25, -0.2) is 0 Å². The van der Waals surface area contributed by atoms with E-state index >= 15 is 0 Å². The van der Waals surface area contributed by atoms with Crippen LogP contribution in [0.5, 0.6) is 0 Å². The van der Waals surface area contributed by atoms with Crippen molar-refractivity contribution < 1.29 is 4.79 Å². The molecule has 1 aliphatic carbocycles. The van der Waals surface area contributed by atoms with Crippen LogP contribution in [0.25, 0.3) is 0 Å². The van der Waals surface area contributed by atoms with Crippen LogP contribution >= 0.6 is 11.3 Å². The van der Waals surface area contributed by atoms with Gasteiger partial charge in [-0.2, -0.15) is 0 Å². The number of carbonyl (C=O) groups excluding carboxylic acids is 1. The van der Waals surface area contributed by atoms with Gasteiger partial charge in [-0.3, -0.25) is 10.1 Å². The second kappa shape index (κ2) is 6.44. The SMILES string of the molecule is Cc1cc(C(=O)Nc2nnc(C3CC3)s2)c(C)n1Cc1ccccc1. The topological polar surface area (TPSA) is 59.8 Å². The number of nitrogens with zero attached hydrogens (tertiary/aromatic N) is 3. The average molecular weight is 352 g/mol. The Bertz CT molecular complexity index is 909. The van der Waals surface area contributed by atoms with E-state index < -0.39 is 0 Å². The summed E-state index contributed by atoms with van der Waals surface area (Å²) in [6.45, 7) is 4.78. The molecule has 1 aromatic carbocycles. The molecule has 2 heterocycles. The van der Waals surface area contributed by atoms with Gasteiger partial charge in [0.05, 0.1) is 5.56 Å². The number of nitrogens with one attached hydrogen (secondary N) is 1. The minimum atomic E-state index is -0.120. The van der Waals surface area contributed by atoms with Gasteiger partial charge in [0.1, 0.15) is 5.01 Å². The van der Waals surface area contributed by atoms with Crippen molar-refractivity contribution in [2.24, 2.45) is 0 Å². The maximum Gasteiger partial charge on any atom is 0.259 e. The summed E-state index contributed by atoms with van der Waals surface area (Å²) in [7, 11) is 0. The Labute approximate surface area is 150 Å². The van der Waals surface area contributed by atoms with Crippen LogP contribution in [0.1, 0.15) is 51.1 Å². The van der Waals surface area contributed by atoms with Gasteiger partial charge < -0.3 is 4.57 Å². The highest BCUT2D eigenvalue weighted by molar-refractivity contribution is 7.15. The van der Waals surface area contributed by atoms with Crippen molar-refractivity contribution in [1.82, 2.24) is 14.8 Å². The quantitative estimate of drug-likeness (QED) is 0.751. The molecule has 1 aliphatic rings. The number of anilines is 1. The lowest BCUT2D eigenvalue weighted by Gasteiger charge is -2.10. The summed E-state index contributed by atoms with van der Waals surface area (Å²) in [5.41, 5.74) is 3.94. The largest absolute Gasteiger partial charge is 0.344 e. The molecule has 1 amide bonds. The molecule has 0 saturated heterocycles. The summed E-state index contributed by atoms with van der Waals surface area (Å²) in [6.07, 6.45) is 2.37. The van der Waals surface area contributed by atoms with E-state index in [1.807, 2.05) is 38.1 Å². The van der Waals surface area contributed by atoms with Crippen LogP contribution in [0.2, 0.25) is 0 Å². The Kier molecular flexibility index (Phi) is 4.13. The first kappa shape index (κ1) is 16.0. The molecule has 4 rings (SSSR count). The van der Waals surface area contributed by atoms with Gasteiger partial charge in [-0.1, -0.05) is 41.7 Å². The van der Waals surface area contributed by atoms with E-state index in [0.29, 0.717) is 16.6 Å². The van der Waals surface area contributed by atoms with Crippen LogP contribution in [0.3, 0.4) is 0 Å². The number of benzene rings is 1. The molecule has 1 fully saturated rings. The predicted octanol–water partition coefficient (Wildman–Crippen LogP) is 4.13. The van der Waals surface area contributed by atoms with Gasteiger partial charge in [0.25, 0.3) is 5.91 Å². The molecule has 0 unspecified atom stereocenters. The zero-order valence-electron chi connectivity index (χ0n) is 14.3. The van der Waals surface area contributed by atoms with Crippen LogP contribution < -0.4 is 5.32 Å². The van der Waals surface area contributed by atoms with Crippen molar-refractivity contribution in [3.63, 3.8) is 0 Å². The molecule has 1 saturated carbocycles. The first-order chi connectivity index (χ1) is 12.1. The van der Waals surface area contributed by atoms with E-state index in [-0.39, 0.29) is 5.91 Å². The number of hydrogen-bond acceptors (Lipinski definition) is 4. The Morgan fingerprint density at radius 1 is 1.24 bits per heavy atom. The first-order valence-electron chi connectivity index (χ1n) is 8.47. The average Bonchev–Trinajstić information content (AvgIpc) is 3.30. The van der Waals surface area contributed by atoms with E-state index in [0.717, 1.165) is 22.9 Å². The highest BCUT2D eigenvalue weighted by atomic mass is 32.1. The van der Waals surface area contributed by atoms with Crippen molar-refractivity contribution in [1.29, 1.82) is 0 Å². The van der Waals surface area contributed by atoms with Crippen molar-refractivity contribution in [2.45, 2.75) is 39.2 Å². The molecule has 128 valence electrons. The second-order valence-corrected chi connectivity index (χ2v) is 7.54. The molecule has 0 bridgehead atoms. The van der Waals surface area contributed by atoms with Crippen molar-refractivity contribution >= 4 is 22.4 Å². The van der Waals surface area contributed by atoms with Gasteiger partial charge in [0.2, 0.25) is 5.13 Å². The lowest BCUT2D eigenvalue weighted by Crippen LogP contribution is -2.13. The van der Waals surface area contributed by atoms with Crippen molar-refractivity contribution in [2.75, 3.05) is 5.32 Å². The number of aryl methyl sites for hydroxylation is 1. The maximum absolute atomic E-state index is 12.7. The lowest BCUT2D eigenvalue weighted by atomic mass is 10.2. The molecule has 0 radical (unpaired) electrons. The van der Waals surface area contributed by atoms with Gasteiger partial charge in [0, 0.05) is 23.9 Å². The van der Waals surface area contributed by atoms with Gasteiger partial charge >= 0.3 is 0 Å². The zero-order chi connectivity index (χ0) is 17.4. The Morgan fingerprint density at radius 2 is 2.00 bits per heavy atom. The highest BCUT2D eigenvalue weighted by Gasteiger charge is 2.28. The molecule has 5 nitrogen and oxygen atoms in total. The number of rotatable bonds is 5. The molecular formula is C19H20N4OS. The van der Waals surface area contributed by atoms with Crippen molar-refractivity contribution in [3.8, 4) is 0 Å². The third-order valence-electron chi connectivity index (χ3n) is 4.59. The molecular weight excluding hydrogens is 332 g/mol. The Morgan fingerprint density at radius 3 is 2.72 bits per heavy atom. The number of hydrogen-bond donors (Lipinski definition) is 1. The molecule has 2 aromatic heterocycles. The number of aromatic nitrogens is 3. The molecule has 25 heavy (non-hydrogen) atoms. The second-order valence-electron chi connectivity index (χ2n) is 6.53. The zero-order valence-corrected chi connectivity index (χ0v) is 15.1. The molecule has 3 aromatic rings. The monoisotopic (exact) mass is 352 g/mol. The summed E-state index contributed by atoms with van der Waals surface area (Å²) in [4.78, 5) is 12.7. The maximum atomic E-state index is 12.7. The summed E-state index contributed by atoms with van der Waals surface area (Å²) >= 11 is 1.48. The van der Waals surface area contributed by atoms with E-state index in [1.165, 1.54) is 29.7 Å². The Hall–Kier alpha value is -2.47. The molecule has 0 spiro atoms. The first-order valence-corrected chi connectivity index (χ1v) is 9.29. The standard InChI is InChI=1S/C19H20N4OS/c1-12-10-16(13(2)23(12)11-14-6-4-3-5-7-14)17(24)20-19-22-21-18(25-19)15-8-9-15/h3-7,10,15H,8-9,11H2,1-2H3,(H,20,22,24). The smallest absolute Gasteiger partial charge is 0.259 e. The van der Waals surface area contributed by atoms with Crippen LogP contribution in [0.15, 0.2) is 36.4 Å². The number of carbonyl (C=O) groups is 1. The van der Waals surface area contributed by atoms with E-state index in [9.17, 15) is 4.79 Å². The predicted molar refractivity (Wildman–Crippen MR) is 99.3 cm³/mol. The van der Waals surface area contributed by atoms with Crippen LogP contribution in [-0.2, 0) is 6.54 Å². The fourth-order valence-electron chi connectivity index (χ4n) is 2.99. The van der Waals surface area contributed by atoms with Crippen LogP contribution in [0, 0.1) is 13.8 Å². The molecule has 6 heteroatoms. The van der Waals surface area contributed by atoms with Crippen LogP contribution in [-0.4, -0.2) is 20.7 Å². The summed E-state index contributed by atoms with van der Waals surface area (Å²) < 4.78 is 2.17. The van der Waals surface area contributed by atoms with Gasteiger partial charge in [-0.15, -0.1) is 10.2 Å². The van der Waals surface area contributed by atoms with E-state index in [4.69, 9.17) is 0 Å². The highest BCUT2D eigenvalue weighted by Crippen LogP contribution is 2.42. The van der Waals surface area contributed by atoms with E-state index in [1.54, 1.807) is 0 Å². The molecule has 0 aliphatic heterocycles. The third-order valence-corrected chi connectivity index (χ3v) is 5.59. The molecule has 0 atom stereocenters. The summed E-state index contributed by atoms with van der Waals surface area (Å²) in [5.74, 6) is 0.435. The van der Waals surface area contributed by atoms with Crippen molar-refractivity contribution in [3.05, 3.63) is 63.9 Å². The summed E-state index contributed by atoms with van der Waals surface area (Å²) in [5, 5.41) is 12.8. The van der Waals surface area contributed by atoms with Gasteiger partial charge in [-0.05, 0) is 38.3 Å². The van der Waals surface area contributed by atoms with Gasteiger partial charge in [0.15, 0.2) is 0 Å². The van der Waals surface area contributed by atoms with E-state index in [2.05, 4.69) is 32.2 Å². The fraction of sp³-hybridized carbons (Fsp3) is 0.316. The lowest BCUT2D eigenvalue weighted by molar-refractivity contribution is 0.102. The summed E-state index contributed by atoms with van der Waals surface area (Å²) in [6, 6.07) is 12.2. The minimum absolute atomic E-state index is 0.120. The Balaban J connectivity index is 1.53. The number of amides is 1. The fourth-order valence-corrected chi connectivity index (χ4v) is 3.89. The third kappa shape index (κ3) is 3.35.